The molecule has 0 aliphatic heterocycles. The largest absolute Gasteiger partial charge is 0.478 e. The molecule has 0 aromatic heterocycles. The lowest BCUT2D eigenvalue weighted by atomic mass is 10.1. The number of nitrogen functional groups attached to an aromatic ring is 1. The van der Waals surface area contributed by atoms with Gasteiger partial charge in [0.1, 0.15) is 11.6 Å². The van der Waals surface area contributed by atoms with Gasteiger partial charge in [-0.25, -0.2) is 13.6 Å². The van der Waals surface area contributed by atoms with Gasteiger partial charge in [0.2, 0.25) is 0 Å². The lowest BCUT2D eigenvalue weighted by Crippen LogP contribution is -1.94. The van der Waals surface area contributed by atoms with Gasteiger partial charge in [-0.2, -0.15) is 0 Å². The average Bonchev–Trinajstić information content (AvgIpc) is 2.09. The molecule has 3 N–H and O–H groups in total. The topological polar surface area (TPSA) is 63.3 Å². The van der Waals surface area contributed by atoms with Crippen LogP contribution in [0.2, 0.25) is 0 Å². The van der Waals surface area contributed by atoms with Crippen molar-refractivity contribution in [1.82, 2.24) is 0 Å². The molecular weight excluding hydrogens is 192 g/mol. The Labute approximate surface area is 78.5 Å². The average molecular weight is 199 g/mol. The predicted molar refractivity (Wildman–Crippen MR) is 47.4 cm³/mol. The smallest absolute Gasteiger partial charge is 0.328 e. The van der Waals surface area contributed by atoms with Gasteiger partial charge in [0, 0.05) is 17.7 Å². The summed E-state index contributed by atoms with van der Waals surface area (Å²) in [6, 6.07) is 1.64. The van der Waals surface area contributed by atoms with Crippen molar-refractivity contribution in [3.8, 4) is 0 Å². The van der Waals surface area contributed by atoms with E-state index in [1.165, 1.54) is 0 Å². The van der Waals surface area contributed by atoms with Gasteiger partial charge in [-0.15, -0.1) is 0 Å². The summed E-state index contributed by atoms with van der Waals surface area (Å²) in [4.78, 5) is 10.1. The van der Waals surface area contributed by atoms with E-state index in [1.807, 2.05) is 0 Å². The third-order valence-electron chi connectivity index (χ3n) is 1.52. The molecule has 0 aliphatic rings. The Bertz CT molecular complexity index is 402. The maximum atomic E-state index is 12.9. The predicted octanol–water partition coefficient (Wildman–Crippen LogP) is 1.64. The molecule has 74 valence electrons. The van der Waals surface area contributed by atoms with Crippen LogP contribution >= 0.6 is 0 Å². The zero-order chi connectivity index (χ0) is 10.7. The van der Waals surface area contributed by atoms with Crippen LogP contribution in [0.15, 0.2) is 18.2 Å². The van der Waals surface area contributed by atoms with Crippen molar-refractivity contribution in [1.29, 1.82) is 0 Å². The van der Waals surface area contributed by atoms with Crippen molar-refractivity contribution in [3.63, 3.8) is 0 Å². The normalized spacial score (nSPS) is 10.7. The maximum absolute atomic E-state index is 12.9. The van der Waals surface area contributed by atoms with E-state index in [-0.39, 0.29) is 11.3 Å². The molecule has 0 saturated heterocycles. The van der Waals surface area contributed by atoms with Crippen LogP contribution in [0.25, 0.3) is 6.08 Å². The van der Waals surface area contributed by atoms with Crippen LogP contribution in [0.3, 0.4) is 0 Å². The highest BCUT2D eigenvalue weighted by Gasteiger charge is 2.05. The maximum Gasteiger partial charge on any atom is 0.328 e. The summed E-state index contributed by atoms with van der Waals surface area (Å²) in [7, 11) is 0. The molecule has 5 heteroatoms. The van der Waals surface area contributed by atoms with Crippen molar-refractivity contribution in [2.75, 3.05) is 5.73 Å². The Kier molecular flexibility index (Phi) is 2.81. The van der Waals surface area contributed by atoms with E-state index in [0.29, 0.717) is 6.07 Å². The van der Waals surface area contributed by atoms with E-state index in [2.05, 4.69) is 0 Å². The van der Waals surface area contributed by atoms with Gasteiger partial charge in [-0.1, -0.05) is 0 Å². The second-order valence-corrected chi connectivity index (χ2v) is 2.57. The molecule has 0 aliphatic carbocycles. The summed E-state index contributed by atoms with van der Waals surface area (Å²) in [5.74, 6) is -2.93. The minimum absolute atomic E-state index is 0.0636. The standard InChI is InChI=1S/C9H7F2NO2/c10-6-4-7(11)8(12)3-5(6)1-2-9(13)14/h1-4H,12H2,(H,13,14). The number of nitrogens with two attached hydrogens (primary N) is 1. The second kappa shape index (κ2) is 3.87. The first-order valence-electron chi connectivity index (χ1n) is 3.66. The number of carboxylic acid groups (broad SMARTS) is 1. The van der Waals surface area contributed by atoms with Gasteiger partial charge in [0.25, 0.3) is 0 Å². The molecule has 1 aromatic rings. The van der Waals surface area contributed by atoms with Gasteiger partial charge in [-0.3, -0.25) is 0 Å². The number of carbonyl (C=O) groups is 1. The third kappa shape index (κ3) is 2.29. The number of hydrogen-bond acceptors (Lipinski definition) is 2. The van der Waals surface area contributed by atoms with Gasteiger partial charge >= 0.3 is 5.97 Å². The van der Waals surface area contributed by atoms with Crippen LogP contribution in [-0.4, -0.2) is 11.1 Å². The van der Waals surface area contributed by atoms with Gasteiger partial charge in [0.05, 0.1) is 5.69 Å². The quantitative estimate of drug-likeness (QED) is 0.562. The van der Waals surface area contributed by atoms with Crippen LogP contribution in [-0.2, 0) is 4.79 Å². The third-order valence-corrected chi connectivity index (χ3v) is 1.52. The number of rotatable bonds is 2. The van der Waals surface area contributed by atoms with Crippen LogP contribution in [0.4, 0.5) is 14.5 Å². The molecule has 0 atom stereocenters. The molecule has 0 bridgehead atoms. The van der Waals surface area contributed by atoms with Gasteiger partial charge < -0.3 is 10.8 Å². The fourth-order valence-corrected chi connectivity index (χ4v) is 0.872. The molecule has 0 radical (unpaired) electrons. The molecular formula is C9H7F2NO2. The minimum atomic E-state index is -1.22. The van der Waals surface area contributed by atoms with Crippen LogP contribution < -0.4 is 5.73 Å². The molecule has 0 heterocycles. The number of carboxylic acids is 1. The van der Waals surface area contributed by atoms with E-state index >= 15 is 0 Å². The molecule has 14 heavy (non-hydrogen) atoms. The van der Waals surface area contributed by atoms with Crippen LogP contribution in [0.1, 0.15) is 5.56 Å². The number of benzene rings is 1. The van der Waals surface area contributed by atoms with E-state index in [4.69, 9.17) is 10.8 Å². The Balaban J connectivity index is 3.10. The van der Waals surface area contributed by atoms with E-state index in [9.17, 15) is 13.6 Å². The summed E-state index contributed by atoms with van der Waals surface area (Å²) in [6.07, 6.45) is 1.75. The minimum Gasteiger partial charge on any atom is -0.478 e. The molecule has 1 aromatic carbocycles. The molecule has 0 fully saturated rings. The van der Waals surface area contributed by atoms with E-state index in [1.54, 1.807) is 0 Å². The number of halogens is 2. The first-order chi connectivity index (χ1) is 6.50. The van der Waals surface area contributed by atoms with Crippen LogP contribution in [0.5, 0.6) is 0 Å². The second-order valence-electron chi connectivity index (χ2n) is 2.57. The van der Waals surface area contributed by atoms with Gasteiger partial charge in [-0.05, 0) is 12.1 Å². The Morgan fingerprint density at radius 3 is 2.57 bits per heavy atom. The number of hydrogen-bond donors (Lipinski definition) is 2. The summed E-state index contributed by atoms with van der Waals surface area (Å²) >= 11 is 0. The number of aliphatic carboxylic acids is 1. The summed E-state index contributed by atoms with van der Waals surface area (Å²) in [5.41, 5.74) is 4.88. The van der Waals surface area contributed by atoms with E-state index in [0.717, 1.165) is 18.2 Å². The van der Waals surface area contributed by atoms with Crippen molar-refractivity contribution >= 4 is 17.7 Å². The zero-order valence-corrected chi connectivity index (χ0v) is 7.00. The fourth-order valence-electron chi connectivity index (χ4n) is 0.872. The molecule has 0 amide bonds. The first-order valence-corrected chi connectivity index (χ1v) is 3.66. The van der Waals surface area contributed by atoms with Crippen LogP contribution in [0, 0.1) is 11.6 Å². The molecule has 3 nitrogen and oxygen atoms in total. The number of anilines is 1. The molecule has 0 saturated carbocycles. The highest BCUT2D eigenvalue weighted by molar-refractivity contribution is 5.85. The Morgan fingerprint density at radius 2 is 2.00 bits per heavy atom. The van der Waals surface area contributed by atoms with E-state index < -0.39 is 17.6 Å². The molecule has 1 rings (SSSR count). The fraction of sp³-hybridized carbons (Fsp3) is 0. The Morgan fingerprint density at radius 1 is 1.36 bits per heavy atom. The lowest BCUT2D eigenvalue weighted by Gasteiger charge is -2.00. The van der Waals surface area contributed by atoms with Crippen molar-refractivity contribution < 1.29 is 18.7 Å². The molecule has 0 spiro atoms. The summed E-state index contributed by atoms with van der Waals surface area (Å²) < 4.78 is 25.6. The highest BCUT2D eigenvalue weighted by atomic mass is 19.1. The monoisotopic (exact) mass is 199 g/mol. The lowest BCUT2D eigenvalue weighted by molar-refractivity contribution is -0.131. The Hall–Kier alpha value is -1.91. The highest BCUT2D eigenvalue weighted by Crippen LogP contribution is 2.17. The SMILES string of the molecule is Nc1cc(C=CC(=O)O)c(F)cc1F. The van der Waals surface area contributed by atoms with Crippen molar-refractivity contribution in [2.45, 2.75) is 0 Å². The van der Waals surface area contributed by atoms with Crippen molar-refractivity contribution in [3.05, 3.63) is 35.4 Å². The van der Waals surface area contributed by atoms with Gasteiger partial charge in [0.15, 0.2) is 0 Å². The summed E-state index contributed by atoms with van der Waals surface area (Å²) in [6.45, 7) is 0. The molecule has 0 unspecified atom stereocenters. The van der Waals surface area contributed by atoms with Crippen molar-refractivity contribution in [2.24, 2.45) is 0 Å². The first kappa shape index (κ1) is 10.2. The zero-order valence-electron chi connectivity index (χ0n) is 7.00. The summed E-state index contributed by atoms with van der Waals surface area (Å²) in [5, 5.41) is 8.28.